The minimum Gasteiger partial charge on any atom is -0.478 e. The first-order valence-corrected chi connectivity index (χ1v) is 8.20. The molecule has 7 heteroatoms. The van der Waals surface area contributed by atoms with Crippen LogP contribution in [0.4, 0.5) is 0 Å². The lowest BCUT2D eigenvalue weighted by atomic mass is 10.0. The van der Waals surface area contributed by atoms with Crippen molar-refractivity contribution in [3.8, 4) is 0 Å². The molecule has 0 aliphatic carbocycles. The quantitative estimate of drug-likeness (QED) is 0.809. The monoisotopic (exact) mass is 319 g/mol. The van der Waals surface area contributed by atoms with Crippen LogP contribution < -0.4 is 4.72 Å². The van der Waals surface area contributed by atoms with Crippen LogP contribution in [-0.4, -0.2) is 26.0 Å². The normalized spacial score (nSPS) is 11.8. The minimum atomic E-state index is -3.72. The highest BCUT2D eigenvalue weighted by Gasteiger charge is 2.19. The van der Waals surface area contributed by atoms with Gasteiger partial charge in [0.2, 0.25) is 10.0 Å². The van der Waals surface area contributed by atoms with Crippen molar-refractivity contribution in [3.63, 3.8) is 0 Å². The summed E-state index contributed by atoms with van der Waals surface area (Å²) in [5.41, 5.74) is -0.225. The van der Waals surface area contributed by atoms with Crippen LogP contribution in [0, 0.1) is 5.92 Å². The Hall–Kier alpha value is -1.11. The molecule has 0 aromatic heterocycles. The summed E-state index contributed by atoms with van der Waals surface area (Å²) in [5, 5.41) is 8.96. The lowest BCUT2D eigenvalue weighted by Crippen LogP contribution is -2.29. The Morgan fingerprint density at radius 1 is 1.35 bits per heavy atom. The average Bonchev–Trinajstić information content (AvgIpc) is 2.39. The van der Waals surface area contributed by atoms with Gasteiger partial charge in [0.25, 0.3) is 0 Å². The highest BCUT2D eigenvalue weighted by atomic mass is 35.5. The third-order valence-corrected chi connectivity index (χ3v) is 4.95. The van der Waals surface area contributed by atoms with Crippen LogP contribution in [0.3, 0.4) is 0 Å². The fraction of sp³-hybridized carbons (Fsp3) is 0.462. The molecule has 0 fully saturated rings. The molecule has 0 saturated carbocycles. The summed E-state index contributed by atoms with van der Waals surface area (Å²) >= 11 is 5.72. The Labute approximate surface area is 124 Å². The van der Waals surface area contributed by atoms with Crippen LogP contribution >= 0.6 is 11.6 Å². The summed E-state index contributed by atoms with van der Waals surface area (Å²) in [7, 11) is -3.72. The molecule has 0 amide bonds. The summed E-state index contributed by atoms with van der Waals surface area (Å²) in [5.74, 6) is -0.997. The van der Waals surface area contributed by atoms with E-state index >= 15 is 0 Å². The van der Waals surface area contributed by atoms with Crippen molar-refractivity contribution in [1.29, 1.82) is 0 Å². The summed E-state index contributed by atoms with van der Waals surface area (Å²) < 4.78 is 26.7. The number of carbonyl (C=O) groups is 1. The zero-order valence-corrected chi connectivity index (χ0v) is 13.0. The third kappa shape index (κ3) is 4.19. The van der Waals surface area contributed by atoms with Crippen LogP contribution in [0.1, 0.15) is 37.0 Å². The topological polar surface area (TPSA) is 83.5 Å². The zero-order valence-electron chi connectivity index (χ0n) is 11.4. The molecule has 0 spiro atoms. The van der Waals surface area contributed by atoms with Crippen molar-refractivity contribution in [3.05, 3.63) is 28.8 Å². The standard InChI is InChI=1S/C13H18ClNO4S/c1-3-9(4-2)8-15-20(18,19)10-5-6-12(14)11(7-10)13(16)17/h5-7,9,15H,3-4,8H2,1-2H3,(H,16,17). The summed E-state index contributed by atoms with van der Waals surface area (Å²) in [6.45, 7) is 4.32. The number of hydrogen-bond acceptors (Lipinski definition) is 3. The van der Waals surface area contributed by atoms with Gasteiger partial charge in [-0.15, -0.1) is 0 Å². The van der Waals surface area contributed by atoms with Gasteiger partial charge in [-0.3, -0.25) is 0 Å². The fourth-order valence-electron chi connectivity index (χ4n) is 1.72. The molecule has 0 aliphatic rings. The largest absolute Gasteiger partial charge is 0.478 e. The molecule has 0 saturated heterocycles. The van der Waals surface area contributed by atoms with Crippen LogP contribution in [0.25, 0.3) is 0 Å². The van der Waals surface area contributed by atoms with Gasteiger partial charge in [0.15, 0.2) is 0 Å². The van der Waals surface area contributed by atoms with Crippen molar-refractivity contribution in [2.24, 2.45) is 5.92 Å². The molecule has 5 nitrogen and oxygen atoms in total. The molecular formula is C13H18ClNO4S. The van der Waals surface area contributed by atoms with E-state index in [1.54, 1.807) is 0 Å². The Balaban J connectivity index is 2.98. The van der Waals surface area contributed by atoms with Crippen molar-refractivity contribution in [2.75, 3.05) is 6.54 Å². The molecule has 0 aliphatic heterocycles. The number of rotatable bonds is 7. The number of sulfonamides is 1. The molecule has 1 aromatic carbocycles. The van der Waals surface area contributed by atoms with Crippen LogP contribution in [0.2, 0.25) is 5.02 Å². The molecule has 20 heavy (non-hydrogen) atoms. The molecule has 0 heterocycles. The number of halogens is 1. The fourth-order valence-corrected chi connectivity index (χ4v) is 3.06. The number of nitrogens with one attached hydrogen (secondary N) is 1. The maximum atomic E-state index is 12.1. The number of carboxylic acid groups (broad SMARTS) is 1. The number of benzene rings is 1. The van der Waals surface area contributed by atoms with Gasteiger partial charge in [-0.25, -0.2) is 17.9 Å². The molecule has 1 aromatic rings. The molecule has 0 bridgehead atoms. The van der Waals surface area contributed by atoms with Gasteiger partial charge in [0, 0.05) is 6.54 Å². The predicted octanol–water partition coefficient (Wildman–Crippen LogP) is 2.75. The van der Waals surface area contributed by atoms with Crippen LogP contribution in [0.15, 0.2) is 23.1 Å². The number of aromatic carboxylic acids is 1. The summed E-state index contributed by atoms with van der Waals surface area (Å²) in [4.78, 5) is 10.9. The van der Waals surface area contributed by atoms with Gasteiger partial charge in [-0.05, 0) is 24.1 Å². The van der Waals surface area contributed by atoms with Crippen LogP contribution in [-0.2, 0) is 10.0 Å². The molecule has 0 radical (unpaired) electrons. The Morgan fingerprint density at radius 2 is 1.95 bits per heavy atom. The summed E-state index contributed by atoms with van der Waals surface area (Å²) in [6.07, 6.45) is 1.75. The minimum absolute atomic E-state index is 0.0106. The first-order chi connectivity index (χ1) is 9.31. The lowest BCUT2D eigenvalue weighted by molar-refractivity contribution is 0.0697. The number of hydrogen-bond donors (Lipinski definition) is 2. The van der Waals surface area contributed by atoms with E-state index in [0.29, 0.717) is 6.54 Å². The number of carboxylic acids is 1. The first kappa shape index (κ1) is 16.9. The van der Waals surface area contributed by atoms with E-state index in [4.69, 9.17) is 16.7 Å². The van der Waals surface area contributed by atoms with Gasteiger partial charge in [-0.1, -0.05) is 38.3 Å². The van der Waals surface area contributed by atoms with E-state index in [1.807, 2.05) is 13.8 Å². The summed E-state index contributed by atoms with van der Waals surface area (Å²) in [6, 6.07) is 3.64. The van der Waals surface area contributed by atoms with E-state index in [1.165, 1.54) is 12.1 Å². The van der Waals surface area contributed by atoms with Crippen molar-refractivity contribution < 1.29 is 18.3 Å². The second-order valence-corrected chi connectivity index (χ2v) is 6.66. The lowest BCUT2D eigenvalue weighted by Gasteiger charge is -2.14. The van der Waals surface area contributed by atoms with E-state index in [2.05, 4.69) is 4.72 Å². The molecule has 0 unspecified atom stereocenters. The molecular weight excluding hydrogens is 302 g/mol. The Bertz CT molecular complexity index is 582. The smallest absolute Gasteiger partial charge is 0.337 e. The molecule has 1 rings (SSSR count). The highest BCUT2D eigenvalue weighted by Crippen LogP contribution is 2.20. The highest BCUT2D eigenvalue weighted by molar-refractivity contribution is 7.89. The van der Waals surface area contributed by atoms with Gasteiger partial charge < -0.3 is 5.11 Å². The maximum absolute atomic E-state index is 12.1. The second kappa shape index (κ2) is 7.06. The SMILES string of the molecule is CCC(CC)CNS(=O)(=O)c1ccc(Cl)c(C(=O)O)c1. The van der Waals surface area contributed by atoms with Crippen LogP contribution in [0.5, 0.6) is 0 Å². The predicted molar refractivity (Wildman–Crippen MR) is 77.7 cm³/mol. The Kier molecular flexibility index (Phi) is 5.98. The van der Waals surface area contributed by atoms with Crippen molar-refractivity contribution in [1.82, 2.24) is 4.72 Å². The van der Waals surface area contributed by atoms with Gasteiger partial charge >= 0.3 is 5.97 Å². The first-order valence-electron chi connectivity index (χ1n) is 6.34. The second-order valence-electron chi connectivity index (χ2n) is 4.48. The average molecular weight is 320 g/mol. The zero-order chi connectivity index (χ0) is 15.3. The molecule has 2 N–H and O–H groups in total. The molecule has 112 valence electrons. The van der Waals surface area contributed by atoms with E-state index in [9.17, 15) is 13.2 Å². The van der Waals surface area contributed by atoms with Gasteiger partial charge in [0.1, 0.15) is 0 Å². The van der Waals surface area contributed by atoms with E-state index < -0.39 is 16.0 Å². The van der Waals surface area contributed by atoms with Gasteiger partial charge in [0.05, 0.1) is 15.5 Å². The van der Waals surface area contributed by atoms with Crippen molar-refractivity contribution >= 4 is 27.6 Å². The van der Waals surface area contributed by atoms with Crippen molar-refractivity contribution in [2.45, 2.75) is 31.6 Å². The Morgan fingerprint density at radius 3 is 2.45 bits per heavy atom. The molecule has 0 atom stereocenters. The third-order valence-electron chi connectivity index (χ3n) is 3.20. The van der Waals surface area contributed by atoms with Gasteiger partial charge in [-0.2, -0.15) is 0 Å². The maximum Gasteiger partial charge on any atom is 0.337 e. The van der Waals surface area contributed by atoms with E-state index in [0.717, 1.165) is 18.9 Å². The van der Waals surface area contributed by atoms with E-state index in [-0.39, 0.29) is 21.4 Å².